The average molecular weight is 334 g/mol. The molecule has 1 rings (SSSR count). The Bertz CT molecular complexity index is 656. The lowest BCUT2D eigenvalue weighted by atomic mass is 10.1. The van der Waals surface area contributed by atoms with E-state index < -0.39 is 51.6 Å². The highest BCUT2D eigenvalue weighted by molar-refractivity contribution is 5.94. The molecule has 7 nitrogen and oxygen atoms in total. The van der Waals surface area contributed by atoms with Crippen LogP contribution in [0, 0.1) is 16.0 Å². The molecule has 0 aliphatic heterocycles. The predicted molar refractivity (Wildman–Crippen MR) is 72.9 cm³/mol. The fourth-order valence-corrected chi connectivity index (χ4v) is 1.62. The van der Waals surface area contributed by atoms with Crippen molar-refractivity contribution in [1.29, 1.82) is 0 Å². The van der Waals surface area contributed by atoms with Gasteiger partial charge in [0.05, 0.1) is 10.6 Å². The summed E-state index contributed by atoms with van der Waals surface area (Å²) in [7, 11) is 0. The van der Waals surface area contributed by atoms with Gasteiger partial charge in [0.2, 0.25) is 5.91 Å². The second kappa shape index (κ2) is 6.63. The van der Waals surface area contributed by atoms with E-state index in [4.69, 9.17) is 0 Å². The Morgan fingerprint density at radius 2 is 1.87 bits per heavy atom. The first-order chi connectivity index (χ1) is 10.4. The summed E-state index contributed by atoms with van der Waals surface area (Å²) < 4.78 is 44.1. The van der Waals surface area contributed by atoms with Gasteiger partial charge in [0.15, 0.2) is 11.3 Å². The predicted octanol–water partition coefficient (Wildman–Crippen LogP) is 3.13. The summed E-state index contributed by atoms with van der Waals surface area (Å²) in [6.45, 7) is 3.83. The van der Waals surface area contributed by atoms with E-state index in [1.165, 1.54) is 13.8 Å². The molecule has 0 aliphatic carbocycles. The fraction of sp³-hybridized carbons (Fsp3) is 0.385. The van der Waals surface area contributed by atoms with Gasteiger partial charge in [0.1, 0.15) is 0 Å². The molecule has 1 aromatic carbocycles. The smallest absolute Gasteiger partial charge is 0.424 e. The van der Waals surface area contributed by atoms with Gasteiger partial charge in [-0.15, -0.1) is 0 Å². The molecule has 126 valence electrons. The Balaban J connectivity index is 3.62. The van der Waals surface area contributed by atoms with E-state index in [-0.39, 0.29) is 0 Å². The second-order valence-corrected chi connectivity index (χ2v) is 4.83. The van der Waals surface area contributed by atoms with Crippen LogP contribution < -0.4 is 10.1 Å². The monoisotopic (exact) mass is 334 g/mol. The zero-order valence-electron chi connectivity index (χ0n) is 12.4. The highest BCUT2D eigenvalue weighted by atomic mass is 19.4. The van der Waals surface area contributed by atoms with Crippen LogP contribution in [0.2, 0.25) is 0 Å². The lowest BCUT2D eigenvalue weighted by Crippen LogP contribution is -2.21. The number of nitrogens with one attached hydrogen (secondary N) is 1. The number of halogens is 3. The van der Waals surface area contributed by atoms with Crippen LogP contribution in [0.15, 0.2) is 12.1 Å². The number of hydrogen-bond acceptors (Lipinski definition) is 5. The van der Waals surface area contributed by atoms with Crippen LogP contribution in [-0.4, -0.2) is 16.8 Å². The minimum Gasteiger partial charge on any atom is -0.424 e. The molecule has 23 heavy (non-hydrogen) atoms. The van der Waals surface area contributed by atoms with Crippen molar-refractivity contribution < 1.29 is 32.4 Å². The Labute approximate surface area is 128 Å². The minimum absolute atomic E-state index is 0.475. The zero-order valence-corrected chi connectivity index (χ0v) is 12.4. The number of carbonyl (C=O) groups is 2. The van der Waals surface area contributed by atoms with Gasteiger partial charge >= 0.3 is 12.1 Å². The number of hydrogen-bond donors (Lipinski definition) is 1. The molecule has 0 fully saturated rings. The first kappa shape index (κ1) is 18.4. The third-order valence-corrected chi connectivity index (χ3v) is 2.64. The highest BCUT2D eigenvalue weighted by Gasteiger charge is 2.43. The molecule has 0 heterocycles. The molecule has 0 bridgehead atoms. The largest absolute Gasteiger partial charge is 0.426 e. The van der Waals surface area contributed by atoms with E-state index in [1.807, 2.05) is 0 Å². The van der Waals surface area contributed by atoms with Crippen molar-refractivity contribution >= 4 is 23.3 Å². The molecule has 0 radical (unpaired) electrons. The molecular formula is C13H13F3N2O5. The van der Waals surface area contributed by atoms with Crippen LogP contribution in [0.4, 0.5) is 24.5 Å². The van der Waals surface area contributed by atoms with E-state index >= 15 is 0 Å². The van der Waals surface area contributed by atoms with Crippen LogP contribution in [0.25, 0.3) is 0 Å². The maximum Gasteiger partial charge on any atom is 0.426 e. The summed E-state index contributed by atoms with van der Waals surface area (Å²) in [4.78, 5) is 32.3. The topological polar surface area (TPSA) is 98.5 Å². The molecular weight excluding hydrogens is 321 g/mol. The Hall–Kier alpha value is -2.65. The number of nitro groups is 1. The summed E-state index contributed by atoms with van der Waals surface area (Å²) in [5.41, 5.74) is -3.49. The molecule has 10 heteroatoms. The number of esters is 1. The van der Waals surface area contributed by atoms with Gasteiger partial charge in [0, 0.05) is 18.9 Å². The summed E-state index contributed by atoms with van der Waals surface area (Å²) in [5, 5.41) is 13.0. The van der Waals surface area contributed by atoms with E-state index in [2.05, 4.69) is 10.1 Å². The standard InChI is InChI=1S/C13H13F3N2O5/c1-6(2)12(20)17-8-4-5-9(18(21)22)10(13(14,15)16)11(8)23-7(3)19/h4-6H,1-3H3,(H,17,20). The SMILES string of the molecule is CC(=O)Oc1c(NC(=O)C(C)C)ccc([N+](=O)[O-])c1C(F)(F)F. The molecule has 0 saturated carbocycles. The number of alkyl halides is 3. The van der Waals surface area contributed by atoms with Gasteiger partial charge in [-0.3, -0.25) is 19.7 Å². The van der Waals surface area contributed by atoms with E-state index in [1.54, 1.807) is 0 Å². The number of nitro benzene ring substituents is 1. The molecule has 0 aromatic heterocycles. The molecule has 0 aliphatic rings. The van der Waals surface area contributed by atoms with Crippen molar-refractivity contribution in [2.75, 3.05) is 5.32 Å². The lowest BCUT2D eigenvalue weighted by Gasteiger charge is -2.17. The Morgan fingerprint density at radius 1 is 1.30 bits per heavy atom. The summed E-state index contributed by atoms with van der Waals surface area (Å²) in [6.07, 6.45) is -5.16. The first-order valence-electron chi connectivity index (χ1n) is 6.33. The van der Waals surface area contributed by atoms with Gasteiger partial charge in [-0.05, 0) is 6.07 Å². The van der Waals surface area contributed by atoms with Crippen molar-refractivity contribution in [2.45, 2.75) is 26.9 Å². The van der Waals surface area contributed by atoms with Crippen molar-refractivity contribution in [2.24, 2.45) is 5.92 Å². The Morgan fingerprint density at radius 3 is 2.26 bits per heavy atom. The fourth-order valence-electron chi connectivity index (χ4n) is 1.62. The van der Waals surface area contributed by atoms with Crippen molar-refractivity contribution in [3.63, 3.8) is 0 Å². The van der Waals surface area contributed by atoms with Gasteiger partial charge in [-0.2, -0.15) is 13.2 Å². The third kappa shape index (κ3) is 4.41. The van der Waals surface area contributed by atoms with E-state index in [0.717, 1.165) is 13.0 Å². The van der Waals surface area contributed by atoms with E-state index in [9.17, 15) is 32.9 Å². The maximum absolute atomic E-state index is 13.2. The number of benzene rings is 1. The van der Waals surface area contributed by atoms with Gasteiger partial charge < -0.3 is 10.1 Å². The van der Waals surface area contributed by atoms with Crippen molar-refractivity contribution in [3.05, 3.63) is 27.8 Å². The first-order valence-corrected chi connectivity index (χ1v) is 6.33. The number of nitrogens with zero attached hydrogens (tertiary/aromatic N) is 1. The van der Waals surface area contributed by atoms with Crippen LogP contribution >= 0.6 is 0 Å². The van der Waals surface area contributed by atoms with Crippen molar-refractivity contribution in [1.82, 2.24) is 0 Å². The summed E-state index contributed by atoms with van der Waals surface area (Å²) in [5.74, 6) is -3.42. The average Bonchev–Trinajstić information content (AvgIpc) is 2.37. The molecule has 0 unspecified atom stereocenters. The zero-order chi connectivity index (χ0) is 17.9. The second-order valence-electron chi connectivity index (χ2n) is 4.83. The molecule has 0 atom stereocenters. The summed E-state index contributed by atoms with van der Waals surface area (Å²) in [6, 6.07) is 1.47. The Kier molecular flexibility index (Phi) is 5.30. The quantitative estimate of drug-likeness (QED) is 0.395. The molecule has 0 saturated heterocycles. The van der Waals surface area contributed by atoms with Gasteiger partial charge in [-0.1, -0.05) is 13.8 Å². The maximum atomic E-state index is 13.2. The third-order valence-electron chi connectivity index (χ3n) is 2.64. The van der Waals surface area contributed by atoms with Crippen LogP contribution in [0.5, 0.6) is 5.75 Å². The van der Waals surface area contributed by atoms with Gasteiger partial charge in [-0.25, -0.2) is 0 Å². The number of carbonyl (C=O) groups excluding carboxylic acids is 2. The van der Waals surface area contributed by atoms with E-state index in [0.29, 0.717) is 6.07 Å². The van der Waals surface area contributed by atoms with Crippen LogP contribution in [0.3, 0.4) is 0 Å². The number of amides is 1. The van der Waals surface area contributed by atoms with Crippen LogP contribution in [0.1, 0.15) is 26.3 Å². The molecule has 1 amide bonds. The number of rotatable bonds is 4. The normalized spacial score (nSPS) is 11.3. The highest BCUT2D eigenvalue weighted by Crippen LogP contribution is 2.46. The number of ether oxygens (including phenoxy) is 1. The minimum atomic E-state index is -5.16. The molecule has 1 N–H and O–H groups in total. The summed E-state index contributed by atoms with van der Waals surface area (Å²) >= 11 is 0. The van der Waals surface area contributed by atoms with Crippen LogP contribution in [-0.2, 0) is 15.8 Å². The number of anilines is 1. The van der Waals surface area contributed by atoms with Crippen molar-refractivity contribution in [3.8, 4) is 5.75 Å². The molecule has 0 spiro atoms. The lowest BCUT2D eigenvalue weighted by molar-refractivity contribution is -0.388. The van der Waals surface area contributed by atoms with Gasteiger partial charge in [0.25, 0.3) is 5.69 Å². The molecule has 1 aromatic rings.